The fourth-order valence-electron chi connectivity index (χ4n) is 3.44. The number of nitrogens with zero attached hydrogens (tertiary/aromatic N) is 3. The van der Waals surface area contributed by atoms with Crippen LogP contribution >= 0.6 is 11.6 Å². The number of carbonyl (C=O) groups excluding carboxylic acids is 3. The molecular formula is C20H18ClN5O3. The van der Waals surface area contributed by atoms with Crippen LogP contribution in [-0.2, 0) is 9.59 Å². The second-order valence-corrected chi connectivity index (χ2v) is 7.24. The predicted molar refractivity (Wildman–Crippen MR) is 107 cm³/mol. The van der Waals surface area contributed by atoms with Crippen molar-refractivity contribution in [3.8, 4) is 0 Å². The van der Waals surface area contributed by atoms with E-state index in [9.17, 15) is 14.4 Å². The highest BCUT2D eigenvalue weighted by Crippen LogP contribution is 2.27. The third-order valence-corrected chi connectivity index (χ3v) is 5.07. The van der Waals surface area contributed by atoms with Crippen molar-refractivity contribution in [1.82, 2.24) is 20.2 Å². The van der Waals surface area contributed by atoms with Crippen LogP contribution in [0.5, 0.6) is 0 Å². The van der Waals surface area contributed by atoms with Gasteiger partial charge in [-0.25, -0.2) is 4.98 Å². The molecule has 9 heteroatoms. The normalized spacial score (nSPS) is 16.3. The summed E-state index contributed by atoms with van der Waals surface area (Å²) in [6, 6.07) is 12.3. The highest BCUT2D eigenvalue weighted by molar-refractivity contribution is 6.31. The van der Waals surface area contributed by atoms with Crippen LogP contribution in [0.15, 0.2) is 48.7 Å². The molecule has 1 atom stereocenters. The Balaban J connectivity index is 1.41. The first-order valence-electron chi connectivity index (χ1n) is 9.04. The average Bonchev–Trinajstić information content (AvgIpc) is 3.25. The largest absolute Gasteiger partial charge is 0.312 e. The predicted octanol–water partition coefficient (Wildman–Crippen LogP) is 2.11. The van der Waals surface area contributed by atoms with E-state index in [1.54, 1.807) is 53.9 Å². The third-order valence-electron chi connectivity index (χ3n) is 4.83. The van der Waals surface area contributed by atoms with E-state index >= 15 is 0 Å². The molecule has 148 valence electrons. The number of halogens is 1. The Morgan fingerprint density at radius 3 is 2.79 bits per heavy atom. The summed E-state index contributed by atoms with van der Waals surface area (Å²) >= 11 is 5.99. The summed E-state index contributed by atoms with van der Waals surface area (Å²) in [5.74, 6) is -1.66. The topological polar surface area (TPSA) is 95.8 Å². The van der Waals surface area contributed by atoms with Crippen LogP contribution in [0.1, 0.15) is 22.6 Å². The zero-order valence-corrected chi connectivity index (χ0v) is 16.3. The number of pyridine rings is 1. The number of benzene rings is 1. The van der Waals surface area contributed by atoms with Gasteiger partial charge < -0.3 is 4.90 Å². The number of fused-ring (bicyclic) bond motifs is 1. The number of carbonyl (C=O) groups is 3. The van der Waals surface area contributed by atoms with Gasteiger partial charge in [-0.15, -0.1) is 0 Å². The Kier molecular flexibility index (Phi) is 4.94. The van der Waals surface area contributed by atoms with Gasteiger partial charge in [-0.2, -0.15) is 0 Å². The van der Waals surface area contributed by atoms with Crippen LogP contribution in [0.4, 0.5) is 5.69 Å². The third kappa shape index (κ3) is 3.66. The summed E-state index contributed by atoms with van der Waals surface area (Å²) in [4.78, 5) is 43.2. The second-order valence-electron chi connectivity index (χ2n) is 6.80. The molecule has 1 aromatic carbocycles. The van der Waals surface area contributed by atoms with Crippen molar-refractivity contribution >= 4 is 40.7 Å². The first-order valence-corrected chi connectivity index (χ1v) is 9.41. The first-order chi connectivity index (χ1) is 13.9. The van der Waals surface area contributed by atoms with Crippen molar-refractivity contribution in [2.75, 3.05) is 11.4 Å². The molecule has 1 aliphatic heterocycles. The molecule has 3 amide bonds. The summed E-state index contributed by atoms with van der Waals surface area (Å²) in [5.41, 5.74) is 7.01. The van der Waals surface area contributed by atoms with E-state index in [4.69, 9.17) is 11.6 Å². The number of rotatable bonds is 3. The van der Waals surface area contributed by atoms with E-state index in [1.807, 2.05) is 6.07 Å². The first kappa shape index (κ1) is 18.9. The van der Waals surface area contributed by atoms with E-state index in [-0.39, 0.29) is 18.9 Å². The zero-order valence-electron chi connectivity index (χ0n) is 15.6. The fraction of sp³-hybridized carbons (Fsp3) is 0.200. The average molecular weight is 412 g/mol. The SMILES string of the molecule is Cc1nc2ccccn2c1C(=O)NNC(=O)[C@H]1CC(=O)N(c2cccc(Cl)c2)C1. The van der Waals surface area contributed by atoms with Crippen LogP contribution < -0.4 is 15.8 Å². The van der Waals surface area contributed by atoms with Gasteiger partial charge in [-0.05, 0) is 37.3 Å². The molecule has 1 aliphatic rings. The van der Waals surface area contributed by atoms with Gasteiger partial charge >= 0.3 is 0 Å². The number of aromatic nitrogens is 2. The minimum Gasteiger partial charge on any atom is -0.312 e. The van der Waals surface area contributed by atoms with Gasteiger partial charge in [-0.1, -0.05) is 23.7 Å². The van der Waals surface area contributed by atoms with E-state index in [2.05, 4.69) is 15.8 Å². The Hall–Kier alpha value is -3.39. The molecule has 2 N–H and O–H groups in total. The van der Waals surface area contributed by atoms with Crippen molar-refractivity contribution in [2.24, 2.45) is 5.92 Å². The van der Waals surface area contributed by atoms with E-state index in [0.717, 1.165) is 0 Å². The summed E-state index contributed by atoms with van der Waals surface area (Å²) in [5, 5.41) is 0.513. The smallest absolute Gasteiger partial charge is 0.288 e. The van der Waals surface area contributed by atoms with E-state index in [0.29, 0.717) is 27.7 Å². The van der Waals surface area contributed by atoms with Gasteiger partial charge in [0, 0.05) is 29.9 Å². The van der Waals surface area contributed by atoms with Crippen molar-refractivity contribution < 1.29 is 14.4 Å². The monoisotopic (exact) mass is 411 g/mol. The molecule has 3 aromatic rings. The maximum Gasteiger partial charge on any atom is 0.288 e. The summed E-state index contributed by atoms with van der Waals surface area (Å²) in [7, 11) is 0. The van der Waals surface area contributed by atoms with Crippen molar-refractivity contribution in [2.45, 2.75) is 13.3 Å². The van der Waals surface area contributed by atoms with Gasteiger partial charge in [-0.3, -0.25) is 29.6 Å². The Labute approximate surface area is 171 Å². The van der Waals surface area contributed by atoms with Crippen LogP contribution in [0.2, 0.25) is 5.02 Å². The van der Waals surface area contributed by atoms with Gasteiger partial charge in [0.1, 0.15) is 11.3 Å². The Morgan fingerprint density at radius 2 is 2.00 bits per heavy atom. The van der Waals surface area contributed by atoms with Crippen molar-refractivity contribution in [3.05, 3.63) is 65.1 Å². The molecule has 2 aromatic heterocycles. The minimum atomic E-state index is -0.579. The molecular weight excluding hydrogens is 394 g/mol. The lowest BCUT2D eigenvalue weighted by molar-refractivity contribution is -0.126. The van der Waals surface area contributed by atoms with E-state index < -0.39 is 17.7 Å². The van der Waals surface area contributed by atoms with Crippen LogP contribution in [0, 0.1) is 12.8 Å². The van der Waals surface area contributed by atoms with Crippen LogP contribution in [-0.4, -0.2) is 33.7 Å². The van der Waals surface area contributed by atoms with E-state index in [1.165, 1.54) is 4.90 Å². The number of aryl methyl sites for hydroxylation is 1. The zero-order chi connectivity index (χ0) is 20.5. The number of hydrogen-bond acceptors (Lipinski definition) is 4. The van der Waals surface area contributed by atoms with Crippen molar-refractivity contribution in [1.29, 1.82) is 0 Å². The molecule has 0 radical (unpaired) electrons. The molecule has 0 unspecified atom stereocenters. The van der Waals surface area contributed by atoms with Crippen molar-refractivity contribution in [3.63, 3.8) is 0 Å². The number of hydrazine groups is 1. The van der Waals surface area contributed by atoms with Gasteiger partial charge in [0.15, 0.2) is 0 Å². The molecule has 1 saturated heterocycles. The molecule has 0 aliphatic carbocycles. The number of hydrogen-bond donors (Lipinski definition) is 2. The van der Waals surface area contributed by atoms with Crippen LogP contribution in [0.25, 0.3) is 5.65 Å². The second kappa shape index (κ2) is 7.56. The number of nitrogens with one attached hydrogen (secondary N) is 2. The molecule has 4 rings (SSSR count). The van der Waals surface area contributed by atoms with Gasteiger partial charge in [0.2, 0.25) is 11.8 Å². The number of anilines is 1. The maximum atomic E-state index is 12.6. The Morgan fingerprint density at radius 1 is 1.17 bits per heavy atom. The molecule has 29 heavy (non-hydrogen) atoms. The quantitative estimate of drug-likeness (QED) is 0.645. The standard InChI is InChI=1S/C20H18ClN5O3/c1-12-18(25-8-3-2-7-16(25)22-12)20(29)24-23-19(28)13-9-17(27)26(11-13)15-6-4-5-14(21)10-15/h2-8,10,13H,9,11H2,1H3,(H,23,28)(H,24,29)/t13-/m0/s1. The lowest BCUT2D eigenvalue weighted by Gasteiger charge is -2.17. The summed E-state index contributed by atoms with van der Waals surface area (Å²) < 4.78 is 1.65. The molecule has 0 spiro atoms. The van der Waals surface area contributed by atoms with Gasteiger partial charge in [0.05, 0.1) is 11.6 Å². The molecule has 3 heterocycles. The van der Waals surface area contributed by atoms with Crippen LogP contribution in [0.3, 0.4) is 0 Å². The Bertz CT molecular complexity index is 1130. The maximum absolute atomic E-state index is 12.6. The highest BCUT2D eigenvalue weighted by atomic mass is 35.5. The molecule has 0 bridgehead atoms. The lowest BCUT2D eigenvalue weighted by atomic mass is 10.1. The molecule has 0 saturated carbocycles. The summed E-state index contributed by atoms with van der Waals surface area (Å²) in [6.45, 7) is 1.94. The lowest BCUT2D eigenvalue weighted by Crippen LogP contribution is -2.45. The summed E-state index contributed by atoms with van der Waals surface area (Å²) in [6.07, 6.45) is 1.79. The highest BCUT2D eigenvalue weighted by Gasteiger charge is 2.35. The molecule has 1 fully saturated rings. The minimum absolute atomic E-state index is 0.0584. The van der Waals surface area contributed by atoms with Gasteiger partial charge in [0.25, 0.3) is 5.91 Å². The number of imidazole rings is 1. The number of amides is 3. The fourth-order valence-corrected chi connectivity index (χ4v) is 3.63. The molecule has 8 nitrogen and oxygen atoms in total.